The molecule has 13 heteroatoms. The first-order valence-corrected chi connectivity index (χ1v) is 15.0. The topological polar surface area (TPSA) is 161 Å². The number of hydrogen-bond acceptors (Lipinski definition) is 8. The molecule has 5 aromatic rings. The quantitative estimate of drug-likeness (QED) is 0.212. The molecule has 7 rings (SSSR count). The van der Waals surface area contributed by atoms with Crippen LogP contribution < -0.4 is 20.7 Å². The van der Waals surface area contributed by atoms with Gasteiger partial charge in [0.15, 0.2) is 5.82 Å². The number of ether oxygens (including phenoxy) is 1. The number of amides is 5. The Morgan fingerprint density at radius 3 is 2.60 bits per heavy atom. The number of urea groups is 1. The number of carbonyl (C=O) groups excluding carboxylic acids is 4. The van der Waals surface area contributed by atoms with Crippen LogP contribution in [0.2, 0.25) is 0 Å². The zero-order chi connectivity index (χ0) is 32.9. The second kappa shape index (κ2) is 11.4. The van der Waals surface area contributed by atoms with E-state index in [1.807, 2.05) is 55.7 Å². The number of imidazole rings is 1. The molecular weight excluding hydrogens is 602 g/mol. The minimum Gasteiger partial charge on any atom is -0.457 e. The average Bonchev–Trinajstić information content (AvgIpc) is 3.75. The lowest BCUT2D eigenvalue weighted by Gasteiger charge is -2.29. The van der Waals surface area contributed by atoms with Gasteiger partial charge in [0, 0.05) is 53.5 Å². The van der Waals surface area contributed by atoms with Gasteiger partial charge < -0.3 is 19.5 Å². The Morgan fingerprint density at radius 1 is 1.04 bits per heavy atom. The van der Waals surface area contributed by atoms with Gasteiger partial charge in [0.05, 0.1) is 11.0 Å². The highest BCUT2D eigenvalue weighted by Gasteiger charge is 2.39. The van der Waals surface area contributed by atoms with Crippen molar-refractivity contribution in [3.63, 3.8) is 0 Å². The summed E-state index contributed by atoms with van der Waals surface area (Å²) in [6.45, 7) is 6.20. The fraction of sp³-hybridized carbons (Fsp3) is 0.235. The monoisotopic (exact) mass is 632 g/mol. The lowest BCUT2D eigenvalue weighted by molar-refractivity contribution is -0.136. The summed E-state index contributed by atoms with van der Waals surface area (Å²) in [7, 11) is 0. The van der Waals surface area contributed by atoms with Gasteiger partial charge in [-0.25, -0.2) is 9.78 Å². The fourth-order valence-corrected chi connectivity index (χ4v) is 5.59. The van der Waals surface area contributed by atoms with E-state index < -0.39 is 18.0 Å². The molecule has 13 nitrogen and oxygen atoms in total. The van der Waals surface area contributed by atoms with E-state index in [1.54, 1.807) is 36.7 Å². The Balaban J connectivity index is 1.00. The molecule has 47 heavy (non-hydrogen) atoms. The Kier molecular flexibility index (Phi) is 7.23. The van der Waals surface area contributed by atoms with Gasteiger partial charge in [-0.15, -0.1) is 0 Å². The highest BCUT2D eigenvalue weighted by molar-refractivity contribution is 6.05. The molecule has 0 bridgehead atoms. The Labute approximate surface area is 268 Å². The zero-order valence-electron chi connectivity index (χ0n) is 25.8. The zero-order valence-corrected chi connectivity index (χ0v) is 25.8. The maximum absolute atomic E-state index is 13.0. The molecule has 1 fully saturated rings. The first kappa shape index (κ1) is 29.7. The van der Waals surface area contributed by atoms with E-state index in [4.69, 9.17) is 9.26 Å². The third-order valence-electron chi connectivity index (χ3n) is 8.05. The lowest BCUT2D eigenvalue weighted by atomic mass is 9.93. The summed E-state index contributed by atoms with van der Waals surface area (Å²) in [6, 6.07) is 19.9. The molecule has 5 amide bonds. The van der Waals surface area contributed by atoms with Crippen LogP contribution in [-0.2, 0) is 21.5 Å². The number of carbonyl (C=O) groups is 4. The SMILES string of the molecule is CC(C)(C)c1cc(NC(=O)Nc2ccc(-n3cnc4cc(Oc5[c]c6c(cc5)C(=O)N(C5CCC(=O)NC5=O)C6)ccc43)cc2)no1. The number of benzene rings is 3. The molecule has 1 atom stereocenters. The lowest BCUT2D eigenvalue weighted by Crippen LogP contribution is -2.52. The number of nitrogens with zero attached hydrogens (tertiary/aromatic N) is 4. The van der Waals surface area contributed by atoms with Crippen LogP contribution in [0, 0.1) is 6.07 Å². The first-order chi connectivity index (χ1) is 22.5. The summed E-state index contributed by atoms with van der Waals surface area (Å²) in [5.41, 5.74) is 3.86. The third-order valence-corrected chi connectivity index (χ3v) is 8.05. The molecule has 1 radical (unpaired) electrons. The van der Waals surface area contributed by atoms with E-state index in [9.17, 15) is 19.2 Å². The van der Waals surface area contributed by atoms with Gasteiger partial charge >= 0.3 is 6.03 Å². The van der Waals surface area contributed by atoms with Crippen LogP contribution in [0.1, 0.15) is 55.3 Å². The fourth-order valence-electron chi connectivity index (χ4n) is 5.59. The number of imide groups is 1. The molecule has 0 aliphatic carbocycles. The number of nitrogens with one attached hydrogen (secondary N) is 3. The number of hydrogen-bond donors (Lipinski definition) is 3. The van der Waals surface area contributed by atoms with Crippen LogP contribution in [-0.4, -0.2) is 49.4 Å². The van der Waals surface area contributed by atoms with Crippen LogP contribution in [0.15, 0.2) is 71.5 Å². The van der Waals surface area contributed by atoms with E-state index in [-0.39, 0.29) is 30.2 Å². The standard InChI is InChI=1S/C34H30N7O6/c1-34(2,3)28-16-29(39-47-28)37-33(45)36-20-4-6-21(7-5-20)41-18-35-25-15-23(9-11-26(25)41)46-22-8-10-24-19(14-22)17-40(32(24)44)27-12-13-30(42)38-31(27)43/h4-11,15-16,18,27H,12-13,17H2,1-3H3,(H,38,42,43)(H2,36,37,39,45). The first-order valence-electron chi connectivity index (χ1n) is 15.0. The van der Waals surface area contributed by atoms with Gasteiger partial charge in [-0.1, -0.05) is 25.9 Å². The molecule has 3 aromatic carbocycles. The van der Waals surface area contributed by atoms with E-state index in [2.05, 4.69) is 32.2 Å². The molecule has 3 N–H and O–H groups in total. The summed E-state index contributed by atoms with van der Waals surface area (Å²) >= 11 is 0. The van der Waals surface area contributed by atoms with Crippen molar-refractivity contribution in [2.45, 2.75) is 51.6 Å². The predicted molar refractivity (Wildman–Crippen MR) is 170 cm³/mol. The highest BCUT2D eigenvalue weighted by Crippen LogP contribution is 2.33. The number of anilines is 2. The van der Waals surface area contributed by atoms with E-state index in [0.29, 0.717) is 51.8 Å². The molecule has 4 heterocycles. The molecule has 0 saturated carbocycles. The van der Waals surface area contributed by atoms with Crippen molar-refractivity contribution in [3.05, 3.63) is 89.9 Å². The number of aromatic nitrogens is 3. The molecular formula is C34H30N7O6. The summed E-state index contributed by atoms with van der Waals surface area (Å²) in [4.78, 5) is 55.4. The van der Waals surface area contributed by atoms with Crippen molar-refractivity contribution in [2.75, 3.05) is 10.6 Å². The van der Waals surface area contributed by atoms with Crippen molar-refractivity contribution < 1.29 is 28.4 Å². The molecule has 2 aliphatic rings. The molecule has 1 saturated heterocycles. The van der Waals surface area contributed by atoms with Gasteiger partial charge in [-0.05, 0) is 60.5 Å². The van der Waals surface area contributed by atoms with Crippen LogP contribution in [0.3, 0.4) is 0 Å². The average molecular weight is 633 g/mol. The van der Waals surface area contributed by atoms with E-state index in [0.717, 1.165) is 11.2 Å². The van der Waals surface area contributed by atoms with Gasteiger partial charge in [0.25, 0.3) is 5.91 Å². The summed E-state index contributed by atoms with van der Waals surface area (Å²) in [5, 5.41) is 11.7. The summed E-state index contributed by atoms with van der Waals surface area (Å²) < 4.78 is 13.3. The van der Waals surface area contributed by atoms with Gasteiger partial charge in [-0.3, -0.25) is 29.6 Å². The van der Waals surface area contributed by atoms with Crippen molar-refractivity contribution in [3.8, 4) is 17.2 Å². The van der Waals surface area contributed by atoms with E-state index >= 15 is 0 Å². The Morgan fingerprint density at radius 2 is 1.85 bits per heavy atom. The predicted octanol–water partition coefficient (Wildman–Crippen LogP) is 5.31. The normalized spacial score (nSPS) is 16.3. The molecule has 0 spiro atoms. The molecule has 1 unspecified atom stereocenters. The van der Waals surface area contributed by atoms with Crippen molar-refractivity contribution >= 4 is 46.3 Å². The van der Waals surface area contributed by atoms with Crippen LogP contribution in [0.5, 0.6) is 11.5 Å². The van der Waals surface area contributed by atoms with Crippen molar-refractivity contribution in [2.24, 2.45) is 0 Å². The van der Waals surface area contributed by atoms with Crippen molar-refractivity contribution in [1.29, 1.82) is 0 Å². The summed E-state index contributed by atoms with van der Waals surface area (Å²) in [6.07, 6.45) is 2.19. The van der Waals surface area contributed by atoms with Crippen LogP contribution in [0.4, 0.5) is 16.3 Å². The smallest absolute Gasteiger partial charge is 0.324 e. The minimum absolute atomic E-state index is 0.193. The largest absolute Gasteiger partial charge is 0.457 e. The van der Waals surface area contributed by atoms with Gasteiger partial charge in [0.1, 0.15) is 29.6 Å². The molecule has 2 aromatic heterocycles. The van der Waals surface area contributed by atoms with Crippen molar-refractivity contribution in [1.82, 2.24) is 24.9 Å². The van der Waals surface area contributed by atoms with Crippen LogP contribution in [0.25, 0.3) is 16.7 Å². The van der Waals surface area contributed by atoms with E-state index in [1.165, 1.54) is 4.90 Å². The Hall–Kier alpha value is -5.98. The Bertz CT molecular complexity index is 2060. The summed E-state index contributed by atoms with van der Waals surface area (Å²) in [5.74, 6) is 0.910. The second-order valence-electron chi connectivity index (χ2n) is 12.4. The maximum atomic E-state index is 13.0. The van der Waals surface area contributed by atoms with Gasteiger partial charge in [-0.2, -0.15) is 0 Å². The highest BCUT2D eigenvalue weighted by atomic mass is 16.5. The maximum Gasteiger partial charge on any atom is 0.324 e. The number of rotatable bonds is 6. The minimum atomic E-state index is -0.692. The molecule has 2 aliphatic heterocycles. The van der Waals surface area contributed by atoms with Crippen LogP contribution >= 0.6 is 0 Å². The third kappa shape index (κ3) is 5.90. The number of piperidine rings is 1. The van der Waals surface area contributed by atoms with Gasteiger partial charge in [0.2, 0.25) is 11.8 Å². The number of fused-ring (bicyclic) bond motifs is 2. The second-order valence-corrected chi connectivity index (χ2v) is 12.4. The molecule has 237 valence electrons.